The van der Waals surface area contributed by atoms with E-state index in [1.807, 2.05) is 43.0 Å². The van der Waals surface area contributed by atoms with Crippen LogP contribution in [0.2, 0.25) is 0 Å². The summed E-state index contributed by atoms with van der Waals surface area (Å²) in [5.74, 6) is 2.00. The van der Waals surface area contributed by atoms with Gasteiger partial charge < -0.3 is 14.4 Å². The van der Waals surface area contributed by atoms with Crippen molar-refractivity contribution in [3.8, 4) is 11.5 Å². The summed E-state index contributed by atoms with van der Waals surface area (Å²) in [6.07, 6.45) is 0.758. The number of methoxy groups -OCH3 is 2. The number of amides is 1. The van der Waals surface area contributed by atoms with Crippen LogP contribution in [0.5, 0.6) is 11.5 Å². The second kappa shape index (κ2) is 7.75. The van der Waals surface area contributed by atoms with Gasteiger partial charge >= 0.3 is 0 Å². The van der Waals surface area contributed by atoms with Gasteiger partial charge in [-0.2, -0.15) is 0 Å². The Morgan fingerprint density at radius 1 is 1.20 bits per heavy atom. The van der Waals surface area contributed by atoms with Crippen molar-refractivity contribution in [3.05, 3.63) is 57.8 Å². The molecule has 1 spiro atoms. The van der Waals surface area contributed by atoms with E-state index in [1.165, 1.54) is 6.07 Å². The van der Waals surface area contributed by atoms with E-state index < -0.39 is 4.75 Å². The normalized spacial score (nSPS) is 24.8. The molecule has 1 aliphatic carbocycles. The number of carbonyl (C=O) groups is 1. The molecule has 1 unspecified atom stereocenters. The molecule has 4 rings (SSSR count). The number of nitrogens with zero attached hydrogens (tertiary/aromatic N) is 1. The summed E-state index contributed by atoms with van der Waals surface area (Å²) in [4.78, 5) is 15.5. The van der Waals surface area contributed by atoms with Crippen LogP contribution in [-0.4, -0.2) is 41.1 Å². The lowest BCUT2D eigenvalue weighted by Gasteiger charge is -2.44. The quantitative estimate of drug-likeness (QED) is 0.559. The summed E-state index contributed by atoms with van der Waals surface area (Å²) < 4.78 is 25.8. The molecule has 1 saturated carbocycles. The molecule has 30 heavy (non-hydrogen) atoms. The molecule has 0 radical (unpaired) electrons. The zero-order valence-electron chi connectivity index (χ0n) is 17.5. The summed E-state index contributed by atoms with van der Waals surface area (Å²) in [6, 6.07) is 10.7. The third-order valence-electron chi connectivity index (χ3n) is 6.18. The molecule has 2 atom stereocenters. The molecule has 0 bridgehead atoms. The molecule has 0 N–H and O–H groups in total. The van der Waals surface area contributed by atoms with Gasteiger partial charge in [0.15, 0.2) is 0 Å². The van der Waals surface area contributed by atoms with E-state index in [-0.39, 0.29) is 23.2 Å². The maximum atomic E-state index is 14.6. The van der Waals surface area contributed by atoms with Gasteiger partial charge in [0.05, 0.1) is 24.5 Å². The smallest absolute Gasteiger partial charge is 0.239 e. The van der Waals surface area contributed by atoms with Crippen LogP contribution in [0.25, 0.3) is 0 Å². The fraction of sp³-hybridized carbons (Fsp3) is 0.435. The summed E-state index contributed by atoms with van der Waals surface area (Å²) in [6.45, 7) is 4.34. The van der Waals surface area contributed by atoms with Crippen LogP contribution in [0, 0.1) is 5.82 Å². The molecule has 2 aliphatic rings. The highest BCUT2D eigenvalue weighted by molar-refractivity contribution is 9.10. The van der Waals surface area contributed by atoms with Crippen LogP contribution >= 0.6 is 27.7 Å². The van der Waals surface area contributed by atoms with Crippen molar-refractivity contribution < 1.29 is 18.7 Å². The average molecular weight is 494 g/mol. The molecular weight excluding hydrogens is 469 g/mol. The molecule has 160 valence electrons. The lowest BCUT2D eigenvalue weighted by Crippen LogP contribution is -2.56. The maximum Gasteiger partial charge on any atom is 0.239 e. The van der Waals surface area contributed by atoms with Crippen LogP contribution < -0.4 is 9.47 Å². The zero-order chi connectivity index (χ0) is 21.7. The SMILES string of the molecule is COc1ccc(CN2C(=O)C(C)(C)SC[C@]23CC3c2cc(Br)ccc2F)c(OC)c1. The first kappa shape index (κ1) is 21.5. The molecule has 2 aromatic rings. The number of rotatable bonds is 5. The molecule has 2 fully saturated rings. The van der Waals surface area contributed by atoms with E-state index in [1.54, 1.807) is 32.0 Å². The fourth-order valence-electron chi connectivity index (χ4n) is 4.29. The molecule has 0 aromatic heterocycles. The Hall–Kier alpha value is -1.73. The van der Waals surface area contributed by atoms with Gasteiger partial charge in [0, 0.05) is 34.3 Å². The molecule has 4 nitrogen and oxygen atoms in total. The summed E-state index contributed by atoms with van der Waals surface area (Å²) >= 11 is 5.12. The van der Waals surface area contributed by atoms with Gasteiger partial charge in [-0.3, -0.25) is 4.79 Å². The Kier molecular flexibility index (Phi) is 5.56. The number of hydrogen-bond acceptors (Lipinski definition) is 4. The predicted molar refractivity (Wildman–Crippen MR) is 121 cm³/mol. The molecule has 1 amide bonds. The molecule has 1 saturated heterocycles. The second-order valence-corrected chi connectivity index (χ2v) is 10.9. The summed E-state index contributed by atoms with van der Waals surface area (Å²) in [5, 5.41) is 0. The van der Waals surface area contributed by atoms with E-state index >= 15 is 0 Å². The Morgan fingerprint density at radius 3 is 2.67 bits per heavy atom. The third-order valence-corrected chi connectivity index (χ3v) is 8.22. The minimum absolute atomic E-state index is 0.0215. The molecular formula is C23H25BrFNO3S. The first-order chi connectivity index (χ1) is 14.2. The number of halogens is 2. The van der Waals surface area contributed by atoms with Gasteiger partial charge in [-0.15, -0.1) is 11.8 Å². The Balaban J connectivity index is 1.71. The lowest BCUT2D eigenvalue weighted by atomic mass is 10.0. The Bertz CT molecular complexity index is 998. The first-order valence-corrected chi connectivity index (χ1v) is 11.6. The van der Waals surface area contributed by atoms with Gasteiger partial charge in [0.2, 0.25) is 5.91 Å². The number of ether oxygens (including phenoxy) is 2. The fourth-order valence-corrected chi connectivity index (χ4v) is 5.99. The minimum Gasteiger partial charge on any atom is -0.497 e. The number of hydrogen-bond donors (Lipinski definition) is 0. The van der Waals surface area contributed by atoms with Crippen LogP contribution in [0.4, 0.5) is 4.39 Å². The van der Waals surface area contributed by atoms with Crippen LogP contribution in [0.1, 0.15) is 37.3 Å². The number of benzene rings is 2. The van der Waals surface area contributed by atoms with E-state index in [0.29, 0.717) is 23.6 Å². The largest absolute Gasteiger partial charge is 0.497 e. The van der Waals surface area contributed by atoms with Crippen LogP contribution in [0.15, 0.2) is 40.9 Å². The maximum absolute atomic E-state index is 14.6. The van der Waals surface area contributed by atoms with Gasteiger partial charge in [-0.1, -0.05) is 15.9 Å². The monoisotopic (exact) mass is 493 g/mol. The van der Waals surface area contributed by atoms with Crippen molar-refractivity contribution in [1.29, 1.82) is 0 Å². The van der Waals surface area contributed by atoms with Crippen molar-refractivity contribution in [2.24, 2.45) is 0 Å². The van der Waals surface area contributed by atoms with Gasteiger partial charge in [0.25, 0.3) is 0 Å². The van der Waals surface area contributed by atoms with E-state index in [2.05, 4.69) is 15.9 Å². The second-order valence-electron chi connectivity index (χ2n) is 8.39. The zero-order valence-corrected chi connectivity index (χ0v) is 19.9. The van der Waals surface area contributed by atoms with Crippen molar-refractivity contribution >= 4 is 33.6 Å². The Morgan fingerprint density at radius 2 is 1.97 bits per heavy atom. The lowest BCUT2D eigenvalue weighted by molar-refractivity contribution is -0.137. The summed E-state index contributed by atoms with van der Waals surface area (Å²) in [7, 11) is 3.22. The van der Waals surface area contributed by atoms with E-state index in [0.717, 1.165) is 22.2 Å². The van der Waals surface area contributed by atoms with E-state index in [9.17, 15) is 9.18 Å². The average Bonchev–Trinajstić information content (AvgIpc) is 3.45. The predicted octanol–water partition coefficient (Wildman–Crippen LogP) is 5.39. The van der Waals surface area contributed by atoms with Gasteiger partial charge in [0.1, 0.15) is 17.3 Å². The topological polar surface area (TPSA) is 38.8 Å². The van der Waals surface area contributed by atoms with Crippen molar-refractivity contribution in [3.63, 3.8) is 0 Å². The van der Waals surface area contributed by atoms with E-state index in [4.69, 9.17) is 9.47 Å². The van der Waals surface area contributed by atoms with Crippen molar-refractivity contribution in [1.82, 2.24) is 4.90 Å². The van der Waals surface area contributed by atoms with Gasteiger partial charge in [-0.25, -0.2) is 4.39 Å². The summed E-state index contributed by atoms with van der Waals surface area (Å²) in [5.41, 5.74) is 1.20. The number of carbonyl (C=O) groups excluding carboxylic acids is 1. The minimum atomic E-state index is -0.520. The molecule has 2 aromatic carbocycles. The Labute approximate surface area is 189 Å². The van der Waals surface area contributed by atoms with Crippen molar-refractivity contribution in [2.75, 3.05) is 20.0 Å². The highest BCUT2D eigenvalue weighted by atomic mass is 79.9. The highest BCUT2D eigenvalue weighted by Gasteiger charge is 2.64. The molecule has 1 aliphatic heterocycles. The van der Waals surface area contributed by atoms with Crippen molar-refractivity contribution in [2.45, 2.75) is 43.0 Å². The molecule has 1 heterocycles. The highest BCUT2D eigenvalue weighted by Crippen LogP contribution is 2.62. The van der Waals surface area contributed by atoms with Crippen LogP contribution in [-0.2, 0) is 11.3 Å². The third kappa shape index (κ3) is 3.60. The van der Waals surface area contributed by atoms with Crippen LogP contribution in [0.3, 0.4) is 0 Å². The first-order valence-electron chi connectivity index (χ1n) is 9.84. The standard InChI is InChI=1S/C23H25BrFNO3S/c1-22(2)21(27)26(12-14-5-7-16(28-3)10-20(14)29-4)23(13-30-22)11-18(23)17-9-15(24)6-8-19(17)25/h5-10,18H,11-13H2,1-4H3/t18?,23-/m0/s1. The van der Waals surface area contributed by atoms with Gasteiger partial charge in [-0.05, 0) is 56.2 Å². The number of thioether (sulfide) groups is 1. The molecule has 7 heteroatoms.